The smallest absolute Gasteiger partial charge is 0.159 e. The highest BCUT2D eigenvalue weighted by molar-refractivity contribution is 6.07. The number of aliphatic hydroxyl groups is 1. The number of aliphatic hydroxyl groups excluding tert-OH is 1. The number of imidazole rings is 1. The summed E-state index contributed by atoms with van der Waals surface area (Å²) in [5.74, 6) is 0.811. The molecule has 3 nitrogen and oxygen atoms in total. The molecule has 1 aliphatic rings. The summed E-state index contributed by atoms with van der Waals surface area (Å²) < 4.78 is 1.97. The molecule has 1 aromatic heterocycles. The van der Waals surface area contributed by atoms with Crippen LogP contribution < -0.4 is 0 Å². The molecular weight excluding hydrogens is 404 g/mol. The molecule has 1 aliphatic heterocycles. The summed E-state index contributed by atoms with van der Waals surface area (Å²) in [5, 5.41) is 13.8. The van der Waals surface area contributed by atoms with Gasteiger partial charge in [0.25, 0.3) is 0 Å². The minimum Gasteiger partial charge on any atom is -0.369 e. The molecule has 5 aromatic carbocycles. The van der Waals surface area contributed by atoms with E-state index in [2.05, 4.69) is 72.8 Å². The van der Waals surface area contributed by atoms with E-state index in [1.165, 1.54) is 11.1 Å². The van der Waals surface area contributed by atoms with Crippen molar-refractivity contribution in [1.82, 2.24) is 9.55 Å². The van der Waals surface area contributed by atoms with Crippen LogP contribution in [0, 0.1) is 0 Å². The zero-order valence-electron chi connectivity index (χ0n) is 17.8. The molecule has 1 N–H and O–H groups in total. The average Bonchev–Trinajstić information content (AvgIpc) is 3.27. The van der Waals surface area contributed by atoms with Gasteiger partial charge in [-0.15, -0.1) is 0 Å². The normalized spacial score (nSPS) is 14.5. The van der Waals surface area contributed by atoms with Crippen LogP contribution in [0.2, 0.25) is 0 Å². The number of nitrogens with zero attached hydrogens (tertiary/aromatic N) is 2. The lowest BCUT2D eigenvalue weighted by Crippen LogP contribution is -2.16. The molecule has 33 heavy (non-hydrogen) atoms. The first-order valence-electron chi connectivity index (χ1n) is 11.2. The van der Waals surface area contributed by atoms with Gasteiger partial charge in [-0.3, -0.25) is 4.57 Å². The van der Waals surface area contributed by atoms with Crippen molar-refractivity contribution in [2.24, 2.45) is 0 Å². The van der Waals surface area contributed by atoms with E-state index in [9.17, 15) is 5.11 Å². The highest BCUT2D eigenvalue weighted by atomic mass is 16.3. The molecule has 0 fully saturated rings. The maximum absolute atomic E-state index is 11.6. The Balaban J connectivity index is 1.51. The minimum atomic E-state index is -0.793. The second kappa shape index (κ2) is 6.89. The van der Waals surface area contributed by atoms with Gasteiger partial charge in [-0.1, -0.05) is 91.0 Å². The maximum atomic E-state index is 11.6. The van der Waals surface area contributed by atoms with Crippen molar-refractivity contribution in [2.45, 2.75) is 6.23 Å². The summed E-state index contributed by atoms with van der Waals surface area (Å²) in [5.41, 5.74) is 8.39. The highest BCUT2D eigenvalue weighted by Gasteiger charge is 2.29. The van der Waals surface area contributed by atoms with Crippen LogP contribution in [-0.2, 0) is 0 Å². The Morgan fingerprint density at radius 1 is 0.636 bits per heavy atom. The van der Waals surface area contributed by atoms with Crippen LogP contribution in [0.1, 0.15) is 11.8 Å². The van der Waals surface area contributed by atoms with E-state index in [4.69, 9.17) is 4.98 Å². The topological polar surface area (TPSA) is 38.1 Å². The van der Waals surface area contributed by atoms with Crippen molar-refractivity contribution in [3.05, 3.63) is 115 Å². The molecule has 0 bridgehead atoms. The maximum Gasteiger partial charge on any atom is 0.159 e. The average molecular weight is 425 g/mol. The van der Waals surface area contributed by atoms with Crippen LogP contribution in [-0.4, -0.2) is 14.7 Å². The molecule has 156 valence electrons. The Morgan fingerprint density at radius 3 is 2.15 bits per heavy atom. The fraction of sp³-hybridized carbons (Fsp3) is 0.0333. The number of hydrogen-bond donors (Lipinski definition) is 1. The van der Waals surface area contributed by atoms with Gasteiger partial charge >= 0.3 is 0 Å². The summed E-state index contributed by atoms with van der Waals surface area (Å²) in [6, 6.07) is 37.5. The molecule has 0 saturated carbocycles. The lowest BCUT2D eigenvalue weighted by molar-refractivity contribution is 0.152. The van der Waals surface area contributed by atoms with Crippen molar-refractivity contribution < 1.29 is 5.11 Å². The minimum absolute atomic E-state index is 0.793. The molecule has 7 rings (SSSR count). The number of rotatable bonds is 2. The van der Waals surface area contributed by atoms with E-state index in [0.29, 0.717) is 0 Å². The first kappa shape index (κ1) is 18.4. The third-order valence-electron chi connectivity index (χ3n) is 6.72. The zero-order chi connectivity index (χ0) is 21.9. The molecule has 1 unspecified atom stereocenters. The summed E-state index contributed by atoms with van der Waals surface area (Å²) in [6.45, 7) is 0. The third kappa shape index (κ3) is 2.63. The third-order valence-corrected chi connectivity index (χ3v) is 6.72. The molecule has 0 saturated heterocycles. The van der Waals surface area contributed by atoms with E-state index in [0.717, 1.165) is 49.9 Å². The van der Waals surface area contributed by atoms with Gasteiger partial charge < -0.3 is 5.11 Å². The standard InChI is InChI=1S/C30H20N2O/c33-30-25-13-7-12-23-22(20-10-5-2-6-11-20)15-16-24(28(23)25)29-31-26-17-14-21(18-27(26)32(29)30)19-8-3-1-4-9-19/h1-18,30,33H. The summed E-state index contributed by atoms with van der Waals surface area (Å²) in [7, 11) is 0. The van der Waals surface area contributed by atoms with Crippen molar-refractivity contribution in [2.75, 3.05) is 0 Å². The van der Waals surface area contributed by atoms with Gasteiger partial charge in [-0.05, 0) is 45.8 Å². The fourth-order valence-electron chi connectivity index (χ4n) is 5.19. The van der Waals surface area contributed by atoms with Crippen molar-refractivity contribution >= 4 is 21.8 Å². The molecule has 0 radical (unpaired) electrons. The first-order chi connectivity index (χ1) is 16.3. The molecule has 0 aliphatic carbocycles. The van der Waals surface area contributed by atoms with Gasteiger partial charge in [0.1, 0.15) is 5.82 Å². The van der Waals surface area contributed by atoms with E-state index in [1.807, 2.05) is 41.0 Å². The van der Waals surface area contributed by atoms with Crippen LogP contribution in [0.15, 0.2) is 109 Å². The largest absolute Gasteiger partial charge is 0.369 e. The van der Waals surface area contributed by atoms with Crippen LogP contribution in [0.4, 0.5) is 0 Å². The number of fused-ring (bicyclic) bond motifs is 4. The summed E-state index contributed by atoms with van der Waals surface area (Å²) in [6.07, 6.45) is -0.793. The molecule has 2 heterocycles. The molecule has 1 atom stereocenters. The Kier molecular flexibility index (Phi) is 3.84. The van der Waals surface area contributed by atoms with Gasteiger partial charge in [-0.25, -0.2) is 4.98 Å². The highest BCUT2D eigenvalue weighted by Crippen LogP contribution is 2.45. The SMILES string of the molecule is OC1c2cccc3c(-c4ccccc4)ccc(c23)-c2nc3ccc(-c4ccccc4)cc3n21. The van der Waals surface area contributed by atoms with Crippen molar-refractivity contribution in [1.29, 1.82) is 0 Å². The van der Waals surface area contributed by atoms with E-state index >= 15 is 0 Å². The lowest BCUT2D eigenvalue weighted by Gasteiger charge is -2.26. The van der Waals surface area contributed by atoms with Gasteiger partial charge in [0.2, 0.25) is 0 Å². The van der Waals surface area contributed by atoms with Crippen LogP contribution >= 0.6 is 0 Å². The molecular formula is C30H20N2O. The fourth-order valence-corrected chi connectivity index (χ4v) is 5.19. The van der Waals surface area contributed by atoms with E-state index in [1.54, 1.807) is 0 Å². The van der Waals surface area contributed by atoms with E-state index < -0.39 is 6.23 Å². The monoisotopic (exact) mass is 424 g/mol. The van der Waals surface area contributed by atoms with Crippen LogP contribution in [0.3, 0.4) is 0 Å². The first-order valence-corrected chi connectivity index (χ1v) is 11.2. The van der Waals surface area contributed by atoms with Gasteiger partial charge in [0.15, 0.2) is 6.23 Å². The molecule has 0 amide bonds. The molecule has 3 heteroatoms. The number of hydrogen-bond acceptors (Lipinski definition) is 2. The Morgan fingerprint density at radius 2 is 1.36 bits per heavy atom. The van der Waals surface area contributed by atoms with Crippen LogP contribution in [0.5, 0.6) is 0 Å². The Hall–Kier alpha value is -4.21. The summed E-state index contributed by atoms with van der Waals surface area (Å²) >= 11 is 0. The lowest BCUT2D eigenvalue weighted by atomic mass is 9.89. The second-order valence-electron chi connectivity index (χ2n) is 8.55. The Bertz CT molecular complexity index is 1670. The summed E-state index contributed by atoms with van der Waals surface area (Å²) in [4.78, 5) is 4.97. The van der Waals surface area contributed by atoms with Crippen LogP contribution in [0.25, 0.3) is 55.4 Å². The van der Waals surface area contributed by atoms with Gasteiger partial charge in [-0.2, -0.15) is 0 Å². The zero-order valence-corrected chi connectivity index (χ0v) is 17.8. The molecule has 6 aromatic rings. The van der Waals surface area contributed by atoms with Gasteiger partial charge in [0.05, 0.1) is 11.0 Å². The number of aromatic nitrogens is 2. The van der Waals surface area contributed by atoms with Gasteiger partial charge in [0, 0.05) is 16.5 Å². The number of benzene rings is 5. The van der Waals surface area contributed by atoms with E-state index in [-0.39, 0.29) is 0 Å². The molecule has 0 spiro atoms. The van der Waals surface area contributed by atoms with Crippen molar-refractivity contribution in [3.8, 4) is 33.6 Å². The second-order valence-corrected chi connectivity index (χ2v) is 8.55. The Labute approximate surface area is 191 Å². The quantitative estimate of drug-likeness (QED) is 0.324. The predicted octanol–water partition coefficient (Wildman–Crippen LogP) is 7.04. The predicted molar refractivity (Wildman–Crippen MR) is 134 cm³/mol. The van der Waals surface area contributed by atoms with Crippen molar-refractivity contribution in [3.63, 3.8) is 0 Å².